The maximum atomic E-state index is 13.6. The number of rotatable bonds is 7. The van der Waals surface area contributed by atoms with Crippen molar-refractivity contribution < 1.29 is 23.1 Å². The highest BCUT2D eigenvalue weighted by atomic mass is 32.1. The third-order valence-electron chi connectivity index (χ3n) is 5.39. The summed E-state index contributed by atoms with van der Waals surface area (Å²) in [5.41, 5.74) is -0.774. The standard InChI is InChI=1S/C23H22F3N7O2S/c1-4-14(12-8-6-5-7-9-12)27-18-19(30-21-20(29-18)31-36-32-21)28-15-11-10-13(23(24,25)26)16(17(15)34)22(35)33(2)3/h5-11,14,34H,4H2,1-3H3,(H,27,29,31)(H,28,30,32)/t14-/m1/s1. The van der Waals surface area contributed by atoms with E-state index in [9.17, 15) is 23.1 Å². The molecule has 36 heavy (non-hydrogen) atoms. The first-order valence-corrected chi connectivity index (χ1v) is 11.6. The lowest BCUT2D eigenvalue weighted by molar-refractivity contribution is -0.138. The number of nitrogens with zero attached hydrogens (tertiary/aromatic N) is 5. The van der Waals surface area contributed by atoms with Crippen LogP contribution in [0.4, 0.5) is 30.5 Å². The number of phenolic OH excluding ortho intramolecular Hbond substituents is 1. The molecule has 0 spiro atoms. The van der Waals surface area contributed by atoms with Gasteiger partial charge in [-0.05, 0) is 24.1 Å². The molecule has 2 heterocycles. The molecule has 0 bridgehead atoms. The molecule has 1 atom stereocenters. The number of hydrogen-bond acceptors (Lipinski definition) is 9. The van der Waals surface area contributed by atoms with E-state index in [1.54, 1.807) is 0 Å². The highest BCUT2D eigenvalue weighted by molar-refractivity contribution is 6.99. The first-order chi connectivity index (χ1) is 17.1. The van der Waals surface area contributed by atoms with Crippen LogP contribution in [0.15, 0.2) is 42.5 Å². The van der Waals surface area contributed by atoms with Crippen LogP contribution in [0.5, 0.6) is 5.75 Å². The summed E-state index contributed by atoms with van der Waals surface area (Å²) in [5, 5.41) is 16.9. The monoisotopic (exact) mass is 517 g/mol. The highest BCUT2D eigenvalue weighted by Gasteiger charge is 2.38. The molecule has 4 aromatic rings. The SMILES string of the molecule is CC[C@@H](Nc1nc2nsnc2nc1Nc1ccc(C(F)(F)F)c(C(=O)N(C)C)c1O)c1ccccc1. The average molecular weight is 518 g/mol. The number of carbonyl (C=O) groups excluding carboxylic acids is 1. The number of anilines is 3. The number of benzene rings is 2. The van der Waals surface area contributed by atoms with Crippen LogP contribution in [0.2, 0.25) is 0 Å². The van der Waals surface area contributed by atoms with Gasteiger partial charge in [0.15, 0.2) is 17.4 Å². The fourth-order valence-electron chi connectivity index (χ4n) is 3.59. The average Bonchev–Trinajstić information content (AvgIpc) is 3.30. The summed E-state index contributed by atoms with van der Waals surface area (Å²) >= 11 is 0.910. The van der Waals surface area contributed by atoms with E-state index in [1.165, 1.54) is 14.1 Å². The minimum absolute atomic E-state index is 0.0999. The maximum Gasteiger partial charge on any atom is 0.417 e. The summed E-state index contributed by atoms with van der Waals surface area (Å²) < 4.78 is 49.0. The van der Waals surface area contributed by atoms with Gasteiger partial charge in [0.25, 0.3) is 5.91 Å². The fourth-order valence-corrected chi connectivity index (χ4v) is 4.03. The maximum absolute atomic E-state index is 13.6. The number of hydrogen-bond donors (Lipinski definition) is 3. The Labute approximate surface area is 208 Å². The molecule has 0 aliphatic heterocycles. The second-order valence-corrected chi connectivity index (χ2v) is 8.58. The van der Waals surface area contributed by atoms with Gasteiger partial charge in [0.1, 0.15) is 0 Å². The summed E-state index contributed by atoms with van der Waals surface area (Å²) in [7, 11) is 2.60. The first-order valence-electron chi connectivity index (χ1n) is 10.8. The molecule has 0 saturated carbocycles. The normalized spacial score (nSPS) is 12.4. The first kappa shape index (κ1) is 25.1. The van der Waals surface area contributed by atoms with Gasteiger partial charge in [-0.25, -0.2) is 9.97 Å². The zero-order valence-corrected chi connectivity index (χ0v) is 20.3. The Morgan fingerprint density at radius 3 is 2.28 bits per heavy atom. The molecule has 0 fully saturated rings. The molecule has 3 N–H and O–H groups in total. The molecule has 0 aliphatic rings. The quantitative estimate of drug-likeness (QED) is 0.286. The Kier molecular flexibility index (Phi) is 6.93. The Bertz CT molecular complexity index is 1390. The molecule has 2 aromatic carbocycles. The Morgan fingerprint density at radius 2 is 1.69 bits per heavy atom. The van der Waals surface area contributed by atoms with E-state index < -0.39 is 29.0 Å². The van der Waals surface area contributed by atoms with Crippen LogP contribution in [-0.2, 0) is 6.18 Å². The molecule has 1 amide bonds. The van der Waals surface area contributed by atoms with Gasteiger partial charge in [-0.1, -0.05) is 37.3 Å². The van der Waals surface area contributed by atoms with Crippen LogP contribution in [-0.4, -0.2) is 48.7 Å². The van der Waals surface area contributed by atoms with Gasteiger partial charge in [-0.2, -0.15) is 21.9 Å². The van der Waals surface area contributed by atoms with Gasteiger partial charge in [0, 0.05) is 14.1 Å². The summed E-state index contributed by atoms with van der Waals surface area (Å²) in [5.74, 6) is -1.50. The topological polar surface area (TPSA) is 116 Å². The van der Waals surface area contributed by atoms with Crippen LogP contribution in [0.1, 0.15) is 40.9 Å². The fraction of sp³-hybridized carbons (Fsp3) is 0.261. The number of aromatic nitrogens is 4. The van der Waals surface area contributed by atoms with Gasteiger partial charge in [0.2, 0.25) is 11.3 Å². The third kappa shape index (κ3) is 5.00. The lowest BCUT2D eigenvalue weighted by Crippen LogP contribution is -2.25. The molecular weight excluding hydrogens is 495 g/mol. The highest BCUT2D eigenvalue weighted by Crippen LogP contribution is 2.41. The molecule has 0 aliphatic carbocycles. The second kappa shape index (κ2) is 9.93. The zero-order valence-electron chi connectivity index (χ0n) is 19.5. The smallest absolute Gasteiger partial charge is 0.417 e. The van der Waals surface area contributed by atoms with Crippen molar-refractivity contribution in [2.24, 2.45) is 0 Å². The Hall–Kier alpha value is -4.00. The van der Waals surface area contributed by atoms with Gasteiger partial charge in [-0.15, -0.1) is 0 Å². The molecule has 0 unspecified atom stereocenters. The second-order valence-electron chi connectivity index (χ2n) is 8.05. The van der Waals surface area contributed by atoms with Gasteiger partial charge < -0.3 is 20.6 Å². The number of alkyl halides is 3. The third-order valence-corrected chi connectivity index (χ3v) is 5.90. The Balaban J connectivity index is 1.79. The number of phenols is 1. The van der Waals surface area contributed by atoms with Crippen LogP contribution in [0, 0.1) is 0 Å². The summed E-state index contributed by atoms with van der Waals surface area (Å²) in [6.07, 6.45) is -4.16. The lowest BCUT2D eigenvalue weighted by atomic mass is 10.0. The molecule has 2 aromatic heterocycles. The summed E-state index contributed by atoms with van der Waals surface area (Å²) in [6.45, 7) is 1.98. The molecular formula is C23H22F3N7O2S. The molecule has 4 rings (SSSR count). The van der Waals surface area contributed by atoms with Crippen molar-refractivity contribution in [2.45, 2.75) is 25.6 Å². The molecule has 188 valence electrons. The van der Waals surface area contributed by atoms with Crippen molar-refractivity contribution >= 4 is 46.3 Å². The van der Waals surface area contributed by atoms with Gasteiger partial charge in [-0.3, -0.25) is 4.79 Å². The predicted molar refractivity (Wildman–Crippen MR) is 131 cm³/mol. The summed E-state index contributed by atoms with van der Waals surface area (Å²) in [6, 6.07) is 11.2. The lowest BCUT2D eigenvalue weighted by Gasteiger charge is -2.21. The van der Waals surface area contributed by atoms with E-state index in [1.807, 2.05) is 37.3 Å². The van der Waals surface area contributed by atoms with Crippen molar-refractivity contribution in [3.05, 3.63) is 59.2 Å². The van der Waals surface area contributed by atoms with Crippen molar-refractivity contribution in [1.29, 1.82) is 0 Å². The van der Waals surface area contributed by atoms with Crippen molar-refractivity contribution in [1.82, 2.24) is 23.6 Å². The Morgan fingerprint density at radius 1 is 1.06 bits per heavy atom. The number of amides is 1. The van der Waals surface area contributed by atoms with Crippen molar-refractivity contribution in [2.75, 3.05) is 24.7 Å². The molecule has 9 nitrogen and oxygen atoms in total. The van der Waals surface area contributed by atoms with Crippen LogP contribution in [0.3, 0.4) is 0 Å². The van der Waals surface area contributed by atoms with Crippen LogP contribution >= 0.6 is 11.7 Å². The number of nitrogens with one attached hydrogen (secondary N) is 2. The molecule has 0 radical (unpaired) electrons. The van der Waals surface area contributed by atoms with E-state index in [0.717, 1.165) is 34.3 Å². The van der Waals surface area contributed by atoms with Crippen molar-refractivity contribution in [3.8, 4) is 5.75 Å². The largest absolute Gasteiger partial charge is 0.505 e. The van der Waals surface area contributed by atoms with E-state index >= 15 is 0 Å². The number of aromatic hydroxyl groups is 1. The number of halogens is 3. The predicted octanol–water partition coefficient (Wildman–Crippen LogP) is 5.21. The molecule has 0 saturated heterocycles. The van der Waals surface area contributed by atoms with Gasteiger partial charge >= 0.3 is 6.18 Å². The number of fused-ring (bicyclic) bond motifs is 1. The number of carbonyl (C=O) groups is 1. The van der Waals surface area contributed by atoms with Crippen molar-refractivity contribution in [3.63, 3.8) is 0 Å². The minimum Gasteiger partial charge on any atom is -0.505 e. The van der Waals surface area contributed by atoms with Gasteiger partial charge in [0.05, 0.1) is 34.6 Å². The van der Waals surface area contributed by atoms with Crippen LogP contribution in [0.25, 0.3) is 11.3 Å². The molecule has 13 heteroatoms. The van der Waals surface area contributed by atoms with E-state index in [0.29, 0.717) is 6.42 Å². The van der Waals surface area contributed by atoms with Crippen LogP contribution < -0.4 is 10.6 Å². The summed E-state index contributed by atoms with van der Waals surface area (Å²) in [4.78, 5) is 22.4. The van der Waals surface area contributed by atoms with E-state index in [2.05, 4.69) is 29.3 Å². The zero-order chi connectivity index (χ0) is 26.0. The van der Waals surface area contributed by atoms with E-state index in [-0.39, 0.29) is 34.7 Å². The minimum atomic E-state index is -4.85. The van der Waals surface area contributed by atoms with E-state index in [4.69, 9.17) is 0 Å².